The molecule has 1 aliphatic heterocycles. The lowest BCUT2D eigenvalue weighted by atomic mass is 9.90. The molecule has 3 rings (SSSR count). The van der Waals surface area contributed by atoms with Gasteiger partial charge in [0.1, 0.15) is 5.56 Å². The van der Waals surface area contributed by atoms with Crippen LogP contribution in [0.2, 0.25) is 0 Å². The minimum atomic E-state index is -1.22. The van der Waals surface area contributed by atoms with E-state index in [4.69, 9.17) is 9.52 Å². The van der Waals surface area contributed by atoms with Gasteiger partial charge in [0.15, 0.2) is 11.6 Å². The first kappa shape index (κ1) is 16.0. The summed E-state index contributed by atoms with van der Waals surface area (Å²) in [4.78, 5) is 25.2. The zero-order chi connectivity index (χ0) is 17.3. The summed E-state index contributed by atoms with van der Waals surface area (Å²) >= 11 is 0. The third-order valence-electron chi connectivity index (χ3n) is 4.24. The molecular weight excluding hydrogens is 317 g/mol. The fourth-order valence-corrected chi connectivity index (χ4v) is 3.00. The summed E-state index contributed by atoms with van der Waals surface area (Å²) in [7, 11) is 0. The summed E-state index contributed by atoms with van der Waals surface area (Å²) in [5, 5.41) is 18.6. The van der Waals surface area contributed by atoms with E-state index in [-0.39, 0.29) is 17.2 Å². The van der Waals surface area contributed by atoms with Crippen LogP contribution in [0, 0.1) is 5.82 Å². The van der Waals surface area contributed by atoms with Gasteiger partial charge in [-0.1, -0.05) is 6.07 Å². The molecule has 2 N–H and O–H groups in total. The monoisotopic (exact) mass is 333 g/mol. The summed E-state index contributed by atoms with van der Waals surface area (Å²) in [5.41, 5.74) is 0.575. The third-order valence-corrected chi connectivity index (χ3v) is 4.24. The van der Waals surface area contributed by atoms with Crippen LogP contribution in [0.15, 0.2) is 34.9 Å². The number of nitrogens with zero attached hydrogens (tertiary/aromatic N) is 1. The lowest BCUT2D eigenvalue weighted by Gasteiger charge is -2.32. The maximum absolute atomic E-state index is 13.2. The van der Waals surface area contributed by atoms with Gasteiger partial charge in [0.05, 0.1) is 6.26 Å². The second kappa shape index (κ2) is 6.35. The predicted molar refractivity (Wildman–Crippen MR) is 81.6 cm³/mol. The zero-order valence-corrected chi connectivity index (χ0v) is 12.7. The van der Waals surface area contributed by atoms with Gasteiger partial charge < -0.3 is 19.5 Å². The van der Waals surface area contributed by atoms with Gasteiger partial charge >= 0.3 is 5.97 Å². The van der Waals surface area contributed by atoms with Gasteiger partial charge in [0.2, 0.25) is 5.76 Å². The Hall–Kier alpha value is -2.83. The van der Waals surface area contributed by atoms with E-state index < -0.39 is 23.4 Å². The van der Waals surface area contributed by atoms with Crippen molar-refractivity contribution in [3.63, 3.8) is 0 Å². The number of rotatable bonds is 3. The smallest absolute Gasteiger partial charge is 0.339 e. The standard InChI is InChI=1S/C17H16FNO5/c18-13-4-3-10(8-14(13)20)11-2-1-6-19(9-11)16(21)15-12(17(22)23)5-7-24-15/h3-5,7-8,11,20H,1-2,6,9H2,(H,22,23). The number of aromatic hydroxyl groups is 1. The average molecular weight is 333 g/mol. The Bertz CT molecular complexity index is 785. The Morgan fingerprint density at radius 3 is 2.79 bits per heavy atom. The van der Waals surface area contributed by atoms with Gasteiger partial charge in [0, 0.05) is 19.0 Å². The highest BCUT2D eigenvalue weighted by atomic mass is 19.1. The van der Waals surface area contributed by atoms with Crippen molar-refractivity contribution in [3.05, 3.63) is 53.2 Å². The van der Waals surface area contributed by atoms with Crippen molar-refractivity contribution >= 4 is 11.9 Å². The molecule has 0 radical (unpaired) electrons. The average Bonchev–Trinajstić information content (AvgIpc) is 3.07. The number of hydrogen-bond acceptors (Lipinski definition) is 4. The number of halogens is 1. The molecule has 24 heavy (non-hydrogen) atoms. The van der Waals surface area contributed by atoms with Crippen LogP contribution in [0.1, 0.15) is 45.2 Å². The van der Waals surface area contributed by atoms with Gasteiger partial charge in [-0.2, -0.15) is 0 Å². The van der Waals surface area contributed by atoms with E-state index in [0.29, 0.717) is 13.1 Å². The molecule has 7 heteroatoms. The Morgan fingerprint density at radius 2 is 2.08 bits per heavy atom. The maximum Gasteiger partial charge on any atom is 0.339 e. The normalized spacial score (nSPS) is 17.7. The second-order valence-electron chi connectivity index (χ2n) is 5.77. The molecule has 1 aliphatic rings. The van der Waals surface area contributed by atoms with Crippen molar-refractivity contribution in [3.8, 4) is 5.75 Å². The van der Waals surface area contributed by atoms with E-state index in [9.17, 15) is 19.1 Å². The summed E-state index contributed by atoms with van der Waals surface area (Å²) in [5.74, 6) is -3.06. The minimum absolute atomic E-state index is 0.0579. The topological polar surface area (TPSA) is 91.0 Å². The van der Waals surface area contributed by atoms with Crippen LogP contribution < -0.4 is 0 Å². The molecule has 1 fully saturated rings. The number of phenolic OH excluding ortho intramolecular Hbond substituents is 1. The first-order valence-corrected chi connectivity index (χ1v) is 7.56. The predicted octanol–water partition coefficient (Wildman–Crippen LogP) is 2.84. The molecule has 0 bridgehead atoms. The molecule has 1 atom stereocenters. The van der Waals surface area contributed by atoms with Gasteiger partial charge in [-0.15, -0.1) is 0 Å². The number of benzene rings is 1. The first-order valence-electron chi connectivity index (χ1n) is 7.56. The van der Waals surface area contributed by atoms with Crippen molar-refractivity contribution in [1.29, 1.82) is 0 Å². The van der Waals surface area contributed by atoms with E-state index in [1.807, 2.05) is 0 Å². The van der Waals surface area contributed by atoms with Crippen LogP contribution >= 0.6 is 0 Å². The van der Waals surface area contributed by atoms with E-state index >= 15 is 0 Å². The Kier molecular flexibility index (Phi) is 4.24. The molecule has 1 saturated heterocycles. The van der Waals surface area contributed by atoms with Crippen LogP contribution in [-0.2, 0) is 0 Å². The van der Waals surface area contributed by atoms with Crippen molar-refractivity contribution in [2.45, 2.75) is 18.8 Å². The molecular formula is C17H16FNO5. The molecule has 1 amide bonds. The number of carbonyl (C=O) groups excluding carboxylic acids is 1. The van der Waals surface area contributed by atoms with Gasteiger partial charge in [0.25, 0.3) is 5.91 Å². The SMILES string of the molecule is O=C(O)c1ccoc1C(=O)N1CCCC(c2ccc(F)c(O)c2)C1. The van der Waals surface area contributed by atoms with E-state index in [1.165, 1.54) is 29.4 Å². The molecule has 2 heterocycles. The number of aromatic carboxylic acids is 1. The quantitative estimate of drug-likeness (QED) is 0.901. The number of amides is 1. The highest BCUT2D eigenvalue weighted by Crippen LogP contribution is 2.31. The number of carboxylic acids is 1. The lowest BCUT2D eigenvalue weighted by molar-refractivity contribution is 0.0637. The number of carbonyl (C=O) groups is 2. The second-order valence-corrected chi connectivity index (χ2v) is 5.77. The van der Waals surface area contributed by atoms with E-state index in [2.05, 4.69) is 0 Å². The van der Waals surface area contributed by atoms with Crippen LogP contribution in [0.4, 0.5) is 4.39 Å². The number of furan rings is 1. The molecule has 2 aromatic rings. The Balaban J connectivity index is 1.80. The third kappa shape index (κ3) is 2.97. The van der Waals surface area contributed by atoms with E-state index in [0.717, 1.165) is 18.4 Å². The fraction of sp³-hybridized carbons (Fsp3) is 0.294. The highest BCUT2D eigenvalue weighted by molar-refractivity contribution is 6.02. The number of carboxylic acid groups (broad SMARTS) is 1. The van der Waals surface area contributed by atoms with Gasteiger partial charge in [-0.25, -0.2) is 9.18 Å². The minimum Gasteiger partial charge on any atom is -0.505 e. The van der Waals surface area contributed by atoms with Crippen LogP contribution in [0.5, 0.6) is 5.75 Å². The van der Waals surface area contributed by atoms with Crippen molar-refractivity contribution in [1.82, 2.24) is 4.90 Å². The zero-order valence-electron chi connectivity index (χ0n) is 12.7. The fourth-order valence-electron chi connectivity index (χ4n) is 3.00. The summed E-state index contributed by atoms with van der Waals surface area (Å²) in [6, 6.07) is 5.39. The van der Waals surface area contributed by atoms with Crippen LogP contribution in [0.3, 0.4) is 0 Å². The number of phenols is 1. The molecule has 126 valence electrons. The molecule has 1 unspecified atom stereocenters. The number of piperidine rings is 1. The van der Waals surface area contributed by atoms with Crippen molar-refractivity contribution in [2.24, 2.45) is 0 Å². The summed E-state index contributed by atoms with van der Waals surface area (Å²) in [6.07, 6.45) is 2.69. The summed E-state index contributed by atoms with van der Waals surface area (Å²) in [6.45, 7) is 0.839. The molecule has 1 aromatic heterocycles. The maximum atomic E-state index is 13.2. The lowest BCUT2D eigenvalue weighted by Crippen LogP contribution is -2.39. The van der Waals surface area contributed by atoms with Gasteiger partial charge in [-0.05, 0) is 36.6 Å². The molecule has 1 aromatic carbocycles. The molecule has 0 aliphatic carbocycles. The van der Waals surface area contributed by atoms with E-state index in [1.54, 1.807) is 6.07 Å². The van der Waals surface area contributed by atoms with Crippen molar-refractivity contribution in [2.75, 3.05) is 13.1 Å². The Morgan fingerprint density at radius 1 is 1.29 bits per heavy atom. The van der Waals surface area contributed by atoms with Crippen LogP contribution in [0.25, 0.3) is 0 Å². The molecule has 0 spiro atoms. The highest BCUT2D eigenvalue weighted by Gasteiger charge is 2.30. The number of likely N-dealkylation sites (tertiary alicyclic amines) is 1. The van der Waals surface area contributed by atoms with Crippen molar-refractivity contribution < 1.29 is 28.6 Å². The first-order chi connectivity index (χ1) is 11.5. The Labute approximate surface area is 137 Å². The molecule has 0 saturated carbocycles. The number of hydrogen-bond donors (Lipinski definition) is 2. The largest absolute Gasteiger partial charge is 0.505 e. The summed E-state index contributed by atoms with van der Waals surface area (Å²) < 4.78 is 18.2. The van der Waals surface area contributed by atoms with Crippen LogP contribution in [-0.4, -0.2) is 40.1 Å². The van der Waals surface area contributed by atoms with Gasteiger partial charge in [-0.3, -0.25) is 4.79 Å². The molecule has 6 nitrogen and oxygen atoms in total.